The lowest BCUT2D eigenvalue weighted by atomic mass is 9.71. The predicted octanol–water partition coefficient (Wildman–Crippen LogP) is 2.52. The van der Waals surface area contributed by atoms with Crippen LogP contribution in [0, 0.1) is 11.8 Å². The number of carbonyl (C=O) groups is 4. The number of nitrogens with one attached hydrogen (secondary N) is 1. The zero-order chi connectivity index (χ0) is 25.3. The minimum absolute atomic E-state index is 0.0225. The van der Waals surface area contributed by atoms with Gasteiger partial charge in [-0.05, 0) is 17.9 Å². The molecule has 3 amide bonds. The minimum Gasteiger partial charge on any atom is -0.480 e. The SMILES string of the molecule is CC[C@H](C(=O)NCC(=O)N(C)[C@H](CN(CC(=O)O)C(C)=O)C(C)C)C(C)(C)c1ccccc1. The maximum Gasteiger partial charge on any atom is 0.323 e. The monoisotopic (exact) mass is 461 g/mol. The molecule has 0 aliphatic rings. The first-order valence-corrected chi connectivity index (χ1v) is 11.4. The van der Waals surface area contributed by atoms with E-state index in [4.69, 9.17) is 5.11 Å². The van der Waals surface area contributed by atoms with Gasteiger partial charge in [0.1, 0.15) is 6.54 Å². The van der Waals surface area contributed by atoms with E-state index in [0.717, 1.165) is 5.56 Å². The van der Waals surface area contributed by atoms with Gasteiger partial charge in [0.25, 0.3) is 0 Å². The van der Waals surface area contributed by atoms with Gasteiger partial charge in [0.2, 0.25) is 17.7 Å². The highest BCUT2D eigenvalue weighted by atomic mass is 16.4. The number of carbonyl (C=O) groups excluding carboxylic acids is 3. The summed E-state index contributed by atoms with van der Waals surface area (Å²) in [6, 6.07) is 9.44. The molecule has 0 heterocycles. The van der Waals surface area contributed by atoms with Crippen molar-refractivity contribution in [3.8, 4) is 0 Å². The Hall–Kier alpha value is -2.90. The van der Waals surface area contributed by atoms with Gasteiger partial charge in [-0.15, -0.1) is 0 Å². The molecule has 0 aliphatic heterocycles. The number of nitrogens with zero attached hydrogens (tertiary/aromatic N) is 2. The number of amides is 3. The van der Waals surface area contributed by atoms with E-state index >= 15 is 0 Å². The Morgan fingerprint density at radius 2 is 1.67 bits per heavy atom. The second kappa shape index (κ2) is 12.4. The Bertz CT molecular complexity index is 823. The van der Waals surface area contributed by atoms with Crippen molar-refractivity contribution in [2.75, 3.05) is 26.7 Å². The molecule has 0 unspecified atom stereocenters. The van der Waals surface area contributed by atoms with Crippen LogP contribution in [0.2, 0.25) is 0 Å². The number of hydrogen-bond acceptors (Lipinski definition) is 4. The highest BCUT2D eigenvalue weighted by Crippen LogP contribution is 2.33. The van der Waals surface area contributed by atoms with Crippen LogP contribution in [-0.4, -0.2) is 71.3 Å². The molecule has 2 N–H and O–H groups in total. The first kappa shape index (κ1) is 28.1. The fraction of sp³-hybridized carbons (Fsp3) is 0.600. The third-order valence-electron chi connectivity index (χ3n) is 6.37. The van der Waals surface area contributed by atoms with Crippen LogP contribution in [-0.2, 0) is 24.6 Å². The molecule has 2 atom stereocenters. The maximum absolute atomic E-state index is 13.0. The summed E-state index contributed by atoms with van der Waals surface area (Å²) in [5, 5.41) is 11.9. The van der Waals surface area contributed by atoms with Crippen molar-refractivity contribution in [3.63, 3.8) is 0 Å². The number of aliphatic carboxylic acids is 1. The molecule has 1 rings (SSSR count). The van der Waals surface area contributed by atoms with Gasteiger partial charge in [0, 0.05) is 31.8 Å². The molecular weight excluding hydrogens is 422 g/mol. The van der Waals surface area contributed by atoms with Gasteiger partial charge in [-0.1, -0.05) is 65.0 Å². The molecule has 0 aliphatic carbocycles. The third-order valence-corrected chi connectivity index (χ3v) is 6.37. The number of rotatable bonds is 12. The summed E-state index contributed by atoms with van der Waals surface area (Å²) < 4.78 is 0. The molecule has 184 valence electrons. The van der Waals surface area contributed by atoms with Crippen LogP contribution in [0.4, 0.5) is 0 Å². The molecule has 1 aromatic carbocycles. The average molecular weight is 462 g/mol. The quantitative estimate of drug-likeness (QED) is 0.497. The van der Waals surface area contributed by atoms with Crippen molar-refractivity contribution in [3.05, 3.63) is 35.9 Å². The van der Waals surface area contributed by atoms with Gasteiger partial charge in [-0.2, -0.15) is 0 Å². The topological polar surface area (TPSA) is 107 Å². The van der Waals surface area contributed by atoms with Crippen molar-refractivity contribution in [1.82, 2.24) is 15.1 Å². The van der Waals surface area contributed by atoms with E-state index in [1.54, 1.807) is 7.05 Å². The summed E-state index contributed by atoms with van der Waals surface area (Å²) in [4.78, 5) is 51.6. The molecule has 8 heteroatoms. The largest absolute Gasteiger partial charge is 0.480 e. The van der Waals surface area contributed by atoms with Crippen LogP contribution in [0.1, 0.15) is 53.5 Å². The summed E-state index contributed by atoms with van der Waals surface area (Å²) in [7, 11) is 1.61. The van der Waals surface area contributed by atoms with Gasteiger partial charge < -0.3 is 20.2 Å². The molecule has 8 nitrogen and oxygen atoms in total. The zero-order valence-corrected chi connectivity index (χ0v) is 20.9. The summed E-state index contributed by atoms with van der Waals surface area (Å²) in [6.07, 6.45) is 0.620. The highest BCUT2D eigenvalue weighted by Gasteiger charge is 2.35. The Balaban J connectivity index is 2.87. The normalized spacial score (nSPS) is 13.2. The smallest absolute Gasteiger partial charge is 0.323 e. The van der Waals surface area contributed by atoms with Crippen LogP contribution < -0.4 is 5.32 Å². The van der Waals surface area contributed by atoms with E-state index in [0.29, 0.717) is 6.42 Å². The van der Waals surface area contributed by atoms with Crippen LogP contribution in [0.5, 0.6) is 0 Å². The molecule has 0 saturated heterocycles. The van der Waals surface area contributed by atoms with E-state index in [1.807, 2.05) is 65.0 Å². The van der Waals surface area contributed by atoms with Crippen LogP contribution in [0.3, 0.4) is 0 Å². The van der Waals surface area contributed by atoms with Gasteiger partial charge in [-0.3, -0.25) is 19.2 Å². The van der Waals surface area contributed by atoms with Crippen molar-refractivity contribution in [2.24, 2.45) is 11.8 Å². The van der Waals surface area contributed by atoms with E-state index in [1.165, 1.54) is 16.7 Å². The standard InChI is InChI=1S/C25H39N3O5/c1-8-20(25(5,6)19-12-10-9-11-13-19)24(33)26-14-22(30)27(7)21(17(2)3)15-28(18(4)29)16-23(31)32/h9-13,17,20-21H,8,14-16H2,1-7H3,(H,26,33)(H,31,32)/t20-,21-/m1/s1. The van der Waals surface area contributed by atoms with E-state index in [9.17, 15) is 19.2 Å². The average Bonchev–Trinajstić information content (AvgIpc) is 2.74. The molecule has 0 radical (unpaired) electrons. The summed E-state index contributed by atoms with van der Waals surface area (Å²) in [5.74, 6) is -2.31. The van der Waals surface area contributed by atoms with Crippen molar-refractivity contribution >= 4 is 23.7 Å². The Morgan fingerprint density at radius 3 is 2.12 bits per heavy atom. The van der Waals surface area contributed by atoms with Gasteiger partial charge >= 0.3 is 5.97 Å². The second-order valence-corrected chi connectivity index (χ2v) is 9.38. The first-order valence-electron chi connectivity index (χ1n) is 11.4. The fourth-order valence-corrected chi connectivity index (χ4v) is 4.16. The number of carboxylic acid groups (broad SMARTS) is 1. The summed E-state index contributed by atoms with van der Waals surface area (Å²) in [5.41, 5.74) is 0.645. The Morgan fingerprint density at radius 1 is 1.09 bits per heavy atom. The molecule has 0 aromatic heterocycles. The van der Waals surface area contributed by atoms with Gasteiger partial charge in [-0.25, -0.2) is 0 Å². The number of hydrogen-bond donors (Lipinski definition) is 2. The van der Waals surface area contributed by atoms with E-state index in [2.05, 4.69) is 5.32 Å². The van der Waals surface area contributed by atoms with E-state index in [-0.39, 0.29) is 48.7 Å². The van der Waals surface area contributed by atoms with Crippen LogP contribution >= 0.6 is 0 Å². The fourth-order valence-electron chi connectivity index (χ4n) is 4.16. The van der Waals surface area contributed by atoms with Gasteiger partial charge in [0.05, 0.1) is 12.6 Å². The van der Waals surface area contributed by atoms with Crippen molar-refractivity contribution in [2.45, 2.75) is 59.4 Å². The van der Waals surface area contributed by atoms with E-state index < -0.39 is 17.9 Å². The Kier molecular flexibility index (Phi) is 10.5. The zero-order valence-electron chi connectivity index (χ0n) is 20.9. The molecular formula is C25H39N3O5. The van der Waals surface area contributed by atoms with Crippen LogP contribution in [0.15, 0.2) is 30.3 Å². The lowest BCUT2D eigenvalue weighted by molar-refractivity contribution is -0.145. The third kappa shape index (κ3) is 7.87. The Labute approximate surface area is 197 Å². The highest BCUT2D eigenvalue weighted by molar-refractivity contribution is 5.87. The first-order chi connectivity index (χ1) is 15.3. The van der Waals surface area contributed by atoms with Crippen LogP contribution in [0.25, 0.3) is 0 Å². The number of carboxylic acids is 1. The molecule has 0 fully saturated rings. The lowest BCUT2D eigenvalue weighted by Gasteiger charge is -2.36. The maximum atomic E-state index is 13.0. The van der Waals surface area contributed by atoms with Crippen molar-refractivity contribution < 1.29 is 24.3 Å². The molecule has 0 saturated carbocycles. The minimum atomic E-state index is -1.11. The molecule has 0 spiro atoms. The molecule has 0 bridgehead atoms. The number of benzene rings is 1. The lowest BCUT2D eigenvalue weighted by Crippen LogP contribution is -2.52. The van der Waals surface area contributed by atoms with Gasteiger partial charge in [0.15, 0.2) is 0 Å². The molecule has 1 aromatic rings. The van der Waals surface area contributed by atoms with Crippen molar-refractivity contribution in [1.29, 1.82) is 0 Å². The number of likely N-dealkylation sites (N-methyl/N-ethyl adjacent to an activating group) is 1. The predicted molar refractivity (Wildman–Crippen MR) is 128 cm³/mol. The second-order valence-electron chi connectivity index (χ2n) is 9.38. The molecule has 33 heavy (non-hydrogen) atoms. The summed E-state index contributed by atoms with van der Waals surface area (Å²) >= 11 is 0. The summed E-state index contributed by atoms with van der Waals surface area (Å²) in [6.45, 7) is 10.6.